The van der Waals surface area contributed by atoms with Gasteiger partial charge in [-0.3, -0.25) is 9.59 Å². The number of nitrogens with zero attached hydrogens (tertiary/aromatic N) is 3. The highest BCUT2D eigenvalue weighted by molar-refractivity contribution is 6.00. The zero-order valence-corrected chi connectivity index (χ0v) is 24.4. The Balaban J connectivity index is 1.43. The maximum Gasteiger partial charge on any atom is 0.408 e. The van der Waals surface area contributed by atoms with Crippen molar-refractivity contribution in [1.82, 2.24) is 25.5 Å². The Morgan fingerprint density at radius 2 is 1.86 bits per heavy atom. The molecule has 2 aromatic carbocycles. The van der Waals surface area contributed by atoms with E-state index in [4.69, 9.17) is 4.74 Å². The predicted octanol–water partition coefficient (Wildman–Crippen LogP) is 3.40. The second-order valence-corrected chi connectivity index (χ2v) is 11.0. The third-order valence-electron chi connectivity index (χ3n) is 6.58. The van der Waals surface area contributed by atoms with Crippen LogP contribution in [-0.2, 0) is 22.5 Å². The molecule has 0 fully saturated rings. The lowest BCUT2D eigenvalue weighted by atomic mass is 9.98. The van der Waals surface area contributed by atoms with Crippen LogP contribution in [-0.4, -0.2) is 69.7 Å². The summed E-state index contributed by atoms with van der Waals surface area (Å²) < 4.78 is 5.22. The standard InChI is InChI=1S/C30H37N7O5/c1-18-15-32-28(36-25(18)34-23-9-7-6-8-22(23)26(39)31-5)33-21-11-10-20-16-37(13-12-19(20)14-21)27(40)24(17-38)35-29(41)42-30(2,3)4/h6-11,14-15,24,38H,12-13,16-17H2,1-5H3,(H,31,39)(H,35,41)(H2,32,33,34,36)/t24-/m0/s1. The Morgan fingerprint density at radius 3 is 2.57 bits per heavy atom. The number of hydrogen-bond donors (Lipinski definition) is 5. The molecule has 0 radical (unpaired) electrons. The molecule has 5 N–H and O–H groups in total. The minimum Gasteiger partial charge on any atom is -0.444 e. The SMILES string of the molecule is CNC(=O)c1ccccc1Nc1nc(Nc2ccc3c(c2)CCN(C(=O)[C@H](CO)NC(=O)OC(C)(C)C)C3)ncc1C. The number of hydrogen-bond acceptors (Lipinski definition) is 9. The molecule has 12 heteroatoms. The quantitative estimate of drug-likeness (QED) is 0.271. The number of ether oxygens (including phenoxy) is 1. The van der Waals surface area contributed by atoms with Crippen LogP contribution in [0.2, 0.25) is 0 Å². The normalized spacial score (nSPS) is 13.4. The summed E-state index contributed by atoms with van der Waals surface area (Å²) >= 11 is 0. The van der Waals surface area contributed by atoms with Gasteiger partial charge in [0.05, 0.1) is 17.9 Å². The van der Waals surface area contributed by atoms with E-state index in [1.165, 1.54) is 0 Å². The summed E-state index contributed by atoms with van der Waals surface area (Å²) in [7, 11) is 1.58. The summed E-state index contributed by atoms with van der Waals surface area (Å²) in [5.74, 6) is 0.368. The molecule has 1 aliphatic rings. The summed E-state index contributed by atoms with van der Waals surface area (Å²) in [5.41, 5.74) is 4.03. The monoisotopic (exact) mass is 575 g/mol. The lowest BCUT2D eigenvalue weighted by molar-refractivity contribution is -0.135. The van der Waals surface area contributed by atoms with Gasteiger partial charge < -0.3 is 36.0 Å². The van der Waals surface area contributed by atoms with Gasteiger partial charge in [0.2, 0.25) is 11.9 Å². The molecule has 12 nitrogen and oxygen atoms in total. The number of rotatable bonds is 8. The number of nitrogens with one attached hydrogen (secondary N) is 4. The summed E-state index contributed by atoms with van der Waals surface area (Å²) in [6.07, 6.45) is 1.54. The van der Waals surface area contributed by atoms with E-state index in [1.54, 1.807) is 51.0 Å². The van der Waals surface area contributed by atoms with Gasteiger partial charge >= 0.3 is 6.09 Å². The van der Waals surface area contributed by atoms with Gasteiger partial charge in [-0.2, -0.15) is 4.98 Å². The van der Waals surface area contributed by atoms with Crippen LogP contribution >= 0.6 is 0 Å². The Labute approximate surface area is 244 Å². The molecule has 4 rings (SSSR count). The average Bonchev–Trinajstić information content (AvgIpc) is 2.96. The number of benzene rings is 2. The first-order valence-electron chi connectivity index (χ1n) is 13.7. The average molecular weight is 576 g/mol. The molecule has 1 aliphatic heterocycles. The van der Waals surface area contributed by atoms with Gasteiger partial charge in [0, 0.05) is 37.6 Å². The van der Waals surface area contributed by atoms with E-state index in [1.807, 2.05) is 37.3 Å². The highest BCUT2D eigenvalue weighted by Crippen LogP contribution is 2.26. The van der Waals surface area contributed by atoms with Crippen LogP contribution in [0.3, 0.4) is 0 Å². The van der Waals surface area contributed by atoms with Crippen LogP contribution in [0.5, 0.6) is 0 Å². The molecule has 0 unspecified atom stereocenters. The number of carbonyl (C=O) groups is 3. The van der Waals surface area contributed by atoms with Crippen molar-refractivity contribution in [3.05, 3.63) is 70.9 Å². The van der Waals surface area contributed by atoms with Gasteiger partial charge in [0.25, 0.3) is 5.91 Å². The maximum absolute atomic E-state index is 13.1. The van der Waals surface area contributed by atoms with Gasteiger partial charge in [-0.1, -0.05) is 18.2 Å². The highest BCUT2D eigenvalue weighted by atomic mass is 16.6. The molecule has 0 spiro atoms. The fourth-order valence-electron chi connectivity index (χ4n) is 4.48. The van der Waals surface area contributed by atoms with E-state index >= 15 is 0 Å². The van der Waals surface area contributed by atoms with E-state index < -0.39 is 24.3 Å². The van der Waals surface area contributed by atoms with Crippen molar-refractivity contribution in [3.8, 4) is 0 Å². The number of para-hydroxylation sites is 1. The van der Waals surface area contributed by atoms with Crippen molar-refractivity contribution in [2.45, 2.75) is 52.3 Å². The molecule has 0 bridgehead atoms. The van der Waals surface area contributed by atoms with Crippen LogP contribution in [0.25, 0.3) is 0 Å². The minimum absolute atomic E-state index is 0.205. The van der Waals surface area contributed by atoms with Gasteiger partial charge in [-0.15, -0.1) is 0 Å². The second-order valence-electron chi connectivity index (χ2n) is 11.0. The van der Waals surface area contributed by atoms with E-state index in [2.05, 4.69) is 31.2 Å². The van der Waals surface area contributed by atoms with E-state index in [0.29, 0.717) is 42.5 Å². The molecule has 1 aromatic heterocycles. The molecule has 0 aliphatic carbocycles. The minimum atomic E-state index is -1.09. The smallest absolute Gasteiger partial charge is 0.408 e. The number of aromatic nitrogens is 2. The summed E-state index contributed by atoms with van der Waals surface area (Å²) in [5, 5.41) is 21.3. The number of anilines is 4. The molecule has 2 heterocycles. The molecule has 0 saturated carbocycles. The van der Waals surface area contributed by atoms with Gasteiger partial charge in [0.15, 0.2) is 0 Å². The number of aryl methyl sites for hydroxylation is 1. The number of carbonyl (C=O) groups excluding carboxylic acids is 3. The van der Waals surface area contributed by atoms with Crippen molar-refractivity contribution in [1.29, 1.82) is 0 Å². The van der Waals surface area contributed by atoms with Crippen molar-refractivity contribution >= 4 is 41.0 Å². The highest BCUT2D eigenvalue weighted by Gasteiger charge is 2.29. The van der Waals surface area contributed by atoms with Gasteiger partial charge in [-0.25, -0.2) is 9.78 Å². The van der Waals surface area contributed by atoms with E-state index in [9.17, 15) is 19.5 Å². The Kier molecular flexibility index (Phi) is 9.26. The topological polar surface area (TPSA) is 158 Å². The van der Waals surface area contributed by atoms with E-state index in [0.717, 1.165) is 22.4 Å². The molecule has 0 saturated heterocycles. The van der Waals surface area contributed by atoms with Gasteiger partial charge in [0.1, 0.15) is 17.5 Å². The molecule has 42 heavy (non-hydrogen) atoms. The van der Waals surface area contributed by atoms with E-state index in [-0.39, 0.29) is 11.8 Å². The summed E-state index contributed by atoms with van der Waals surface area (Å²) in [6, 6.07) is 11.9. The molecule has 1 atom stereocenters. The summed E-state index contributed by atoms with van der Waals surface area (Å²) in [4.78, 5) is 48.1. The molecular weight excluding hydrogens is 538 g/mol. The van der Waals surface area contributed by atoms with Crippen LogP contribution in [0.15, 0.2) is 48.7 Å². The van der Waals surface area contributed by atoms with Crippen molar-refractivity contribution in [2.24, 2.45) is 0 Å². The van der Waals surface area contributed by atoms with Crippen LogP contribution in [0, 0.1) is 6.92 Å². The molecular formula is C30H37N7O5. The van der Waals surface area contributed by atoms with Gasteiger partial charge in [-0.05, 0) is 69.5 Å². The first kappa shape index (κ1) is 30.3. The first-order valence-corrected chi connectivity index (χ1v) is 13.7. The van der Waals surface area contributed by atoms with Crippen LogP contribution in [0.4, 0.5) is 27.9 Å². The Bertz CT molecular complexity index is 1470. The first-order chi connectivity index (χ1) is 20.0. The zero-order chi connectivity index (χ0) is 30.4. The zero-order valence-electron chi connectivity index (χ0n) is 24.4. The fraction of sp³-hybridized carbons (Fsp3) is 0.367. The largest absolute Gasteiger partial charge is 0.444 e. The molecule has 222 valence electrons. The molecule has 3 amide bonds. The van der Waals surface area contributed by atoms with Crippen molar-refractivity contribution in [2.75, 3.05) is 30.8 Å². The fourth-order valence-corrected chi connectivity index (χ4v) is 4.48. The van der Waals surface area contributed by atoms with Crippen molar-refractivity contribution in [3.63, 3.8) is 0 Å². The number of alkyl carbamates (subject to hydrolysis) is 1. The van der Waals surface area contributed by atoms with Crippen LogP contribution < -0.4 is 21.3 Å². The van der Waals surface area contributed by atoms with Crippen molar-refractivity contribution < 1.29 is 24.2 Å². The summed E-state index contributed by atoms with van der Waals surface area (Å²) in [6.45, 7) is 7.30. The third kappa shape index (κ3) is 7.52. The number of aliphatic hydroxyl groups excluding tert-OH is 1. The predicted molar refractivity (Wildman–Crippen MR) is 159 cm³/mol. The number of amides is 3. The lowest BCUT2D eigenvalue weighted by Crippen LogP contribution is -2.52. The molecule has 3 aromatic rings. The third-order valence-corrected chi connectivity index (χ3v) is 6.58. The Hall–Kier alpha value is -4.71. The maximum atomic E-state index is 13.1. The number of fused-ring (bicyclic) bond motifs is 1. The van der Waals surface area contributed by atoms with Crippen LogP contribution in [0.1, 0.15) is 47.8 Å². The Morgan fingerprint density at radius 1 is 1.10 bits per heavy atom. The number of aliphatic hydroxyl groups is 1. The lowest BCUT2D eigenvalue weighted by Gasteiger charge is -2.32. The second kappa shape index (κ2) is 12.9.